The van der Waals surface area contributed by atoms with Gasteiger partial charge in [-0.2, -0.15) is 10.3 Å². The number of aliphatic imine (C=N–C) groups is 1. The predicted octanol–water partition coefficient (Wildman–Crippen LogP) is 3.11. The third-order valence-electron chi connectivity index (χ3n) is 4.09. The number of esters is 1. The van der Waals surface area contributed by atoms with Crippen LogP contribution in [0.25, 0.3) is 0 Å². The van der Waals surface area contributed by atoms with Crippen LogP contribution in [0, 0.1) is 11.5 Å². The minimum absolute atomic E-state index is 0.0462. The minimum atomic E-state index is -3.83. The molecule has 2 aromatic carbocycles. The molecule has 0 radical (unpaired) electrons. The molecule has 1 aliphatic rings. The highest BCUT2D eigenvalue weighted by atomic mass is 32.2. The number of carbonyl (C=O) groups excluding carboxylic acids is 1. The van der Waals surface area contributed by atoms with Gasteiger partial charge in [-0.25, -0.2) is 13.2 Å². The first-order chi connectivity index (χ1) is 12.5. The van der Waals surface area contributed by atoms with Crippen LogP contribution in [0.5, 0.6) is 0 Å². The Kier molecular flexibility index (Phi) is 4.87. The van der Waals surface area contributed by atoms with Gasteiger partial charge in [0.15, 0.2) is 0 Å². The molecule has 1 heterocycles. The molecule has 0 spiro atoms. The molecule has 0 amide bonds. The van der Waals surface area contributed by atoms with E-state index in [-0.39, 0.29) is 27.7 Å². The van der Waals surface area contributed by atoms with E-state index in [1.807, 2.05) is 6.92 Å². The average Bonchev–Trinajstić information content (AvgIpc) is 2.65. The van der Waals surface area contributed by atoms with E-state index >= 15 is 0 Å². The molecule has 132 valence electrons. The maximum Gasteiger partial charge on any atom is 0.338 e. The molecule has 1 aliphatic heterocycles. The first-order valence-corrected chi connectivity index (χ1v) is 9.61. The lowest BCUT2D eigenvalue weighted by molar-refractivity contribution is 0.0499. The van der Waals surface area contributed by atoms with Crippen molar-refractivity contribution in [3.63, 3.8) is 0 Å². The van der Waals surface area contributed by atoms with Gasteiger partial charge in [-0.05, 0) is 24.6 Å². The number of fused-ring (bicyclic) bond motifs is 2. The fourth-order valence-corrected chi connectivity index (χ4v) is 4.48. The molecule has 3 rings (SSSR count). The van der Waals surface area contributed by atoms with Crippen molar-refractivity contribution in [1.82, 2.24) is 0 Å². The van der Waals surface area contributed by atoms with E-state index in [2.05, 4.69) is 4.99 Å². The van der Waals surface area contributed by atoms with Crippen molar-refractivity contribution in [3.05, 3.63) is 59.2 Å². The third-order valence-corrected chi connectivity index (χ3v) is 5.94. The Balaban J connectivity index is 2.13. The molecule has 2 aromatic rings. The summed E-state index contributed by atoms with van der Waals surface area (Å²) in [5.74, 6) is -0.575. The highest BCUT2D eigenvalue weighted by Gasteiger charge is 2.34. The number of sulfone groups is 1. The van der Waals surface area contributed by atoms with Crippen LogP contribution >= 0.6 is 0 Å². The highest BCUT2D eigenvalue weighted by Crippen LogP contribution is 2.35. The van der Waals surface area contributed by atoms with Crippen molar-refractivity contribution in [2.24, 2.45) is 4.99 Å². The molecule has 0 bridgehead atoms. The van der Waals surface area contributed by atoms with E-state index in [1.165, 1.54) is 24.3 Å². The Morgan fingerprint density at radius 1 is 1.15 bits per heavy atom. The lowest BCUT2D eigenvalue weighted by Gasteiger charge is -2.21. The Bertz CT molecular complexity index is 1050. The Morgan fingerprint density at radius 2 is 1.88 bits per heavy atom. The maximum atomic E-state index is 13.0. The van der Waals surface area contributed by atoms with Gasteiger partial charge in [-0.15, -0.1) is 0 Å². The summed E-state index contributed by atoms with van der Waals surface area (Å²) in [7, 11) is -3.83. The summed E-state index contributed by atoms with van der Waals surface area (Å²) in [6, 6.07) is 10.6. The van der Waals surface area contributed by atoms with Crippen molar-refractivity contribution in [2.75, 3.05) is 6.61 Å². The molecule has 0 saturated carbocycles. The Morgan fingerprint density at radius 3 is 2.62 bits per heavy atom. The van der Waals surface area contributed by atoms with E-state index in [9.17, 15) is 13.2 Å². The van der Waals surface area contributed by atoms with Gasteiger partial charge in [-0.1, -0.05) is 37.6 Å². The summed E-state index contributed by atoms with van der Waals surface area (Å²) >= 11 is 0. The van der Waals surface area contributed by atoms with Gasteiger partial charge in [-0.3, -0.25) is 0 Å². The molecule has 26 heavy (non-hydrogen) atoms. The first kappa shape index (κ1) is 17.8. The summed E-state index contributed by atoms with van der Waals surface area (Å²) in [5.41, 5.74) is 1.10. The number of benzene rings is 2. The summed E-state index contributed by atoms with van der Waals surface area (Å²) in [6.45, 7) is 2.26. The number of ether oxygens (including phenoxy) is 1. The number of hydrogen-bond donors (Lipinski definition) is 0. The second-order valence-corrected chi connectivity index (χ2v) is 7.65. The van der Waals surface area contributed by atoms with Gasteiger partial charge in [0, 0.05) is 11.1 Å². The van der Waals surface area contributed by atoms with Crippen molar-refractivity contribution >= 4 is 21.5 Å². The topological polar surface area (TPSA) is 96.6 Å². The number of hydrogen-bond acceptors (Lipinski definition) is 6. The number of carbonyl (C=O) groups is 1. The first-order valence-electron chi connectivity index (χ1n) is 8.13. The quantitative estimate of drug-likeness (QED) is 0.400. The van der Waals surface area contributed by atoms with Gasteiger partial charge in [0.05, 0.1) is 27.7 Å². The standard InChI is InChI=1S/C19H16N2O4S/c1-2-3-10-25-19(22)13-8-9-15-17(11-13)26(23,24)16-7-5-4-6-14(16)18(15)21-12-20/h4-9,11H,2-3,10H2,1H3. The highest BCUT2D eigenvalue weighted by molar-refractivity contribution is 7.91. The fraction of sp³-hybridized carbons (Fsp3) is 0.211. The van der Waals surface area contributed by atoms with Crippen LogP contribution in [-0.2, 0) is 14.6 Å². The number of nitrogens with zero attached hydrogens (tertiary/aromatic N) is 2. The largest absolute Gasteiger partial charge is 0.462 e. The summed E-state index contributed by atoms with van der Waals surface area (Å²) < 4.78 is 31.1. The second kappa shape index (κ2) is 7.10. The van der Waals surface area contributed by atoms with Crippen LogP contribution < -0.4 is 0 Å². The monoisotopic (exact) mass is 368 g/mol. The van der Waals surface area contributed by atoms with E-state index in [0.717, 1.165) is 12.8 Å². The van der Waals surface area contributed by atoms with Crippen molar-refractivity contribution in [2.45, 2.75) is 29.6 Å². The van der Waals surface area contributed by atoms with Crippen molar-refractivity contribution < 1.29 is 17.9 Å². The normalized spacial score (nSPS) is 15.6. The minimum Gasteiger partial charge on any atom is -0.462 e. The second-order valence-electron chi connectivity index (χ2n) is 5.76. The molecular weight excluding hydrogens is 352 g/mol. The van der Waals surface area contributed by atoms with Crippen LogP contribution in [0.15, 0.2) is 57.2 Å². The van der Waals surface area contributed by atoms with Gasteiger partial charge in [0.1, 0.15) is 0 Å². The summed E-state index contributed by atoms with van der Waals surface area (Å²) in [5, 5.41) is 9.00. The molecule has 0 fully saturated rings. The van der Waals surface area contributed by atoms with Gasteiger partial charge >= 0.3 is 5.97 Å². The van der Waals surface area contributed by atoms with Crippen LogP contribution in [0.1, 0.15) is 41.3 Å². The van der Waals surface area contributed by atoms with E-state index < -0.39 is 15.8 Å². The lowest BCUT2D eigenvalue weighted by atomic mass is 10.00. The number of rotatable bonds is 4. The molecule has 7 heteroatoms. The van der Waals surface area contributed by atoms with Gasteiger partial charge in [0.25, 0.3) is 0 Å². The summed E-state index contributed by atoms with van der Waals surface area (Å²) in [6.07, 6.45) is 3.34. The molecule has 0 unspecified atom stereocenters. The van der Waals surface area contributed by atoms with E-state index in [1.54, 1.807) is 24.4 Å². The molecule has 0 aromatic heterocycles. The third kappa shape index (κ3) is 3.00. The van der Waals surface area contributed by atoms with E-state index in [4.69, 9.17) is 10.00 Å². The SMILES string of the molecule is CCCCOC(=O)c1ccc2c(c1)S(=O)(=O)c1ccccc1C2=NC#N. The van der Waals surface area contributed by atoms with Crippen molar-refractivity contribution in [3.8, 4) is 6.19 Å². The molecule has 0 aliphatic carbocycles. The smallest absolute Gasteiger partial charge is 0.338 e. The van der Waals surface area contributed by atoms with Crippen LogP contribution in [0.3, 0.4) is 0 Å². The zero-order chi connectivity index (χ0) is 18.7. The maximum absolute atomic E-state index is 13.0. The average molecular weight is 368 g/mol. The van der Waals surface area contributed by atoms with Crippen LogP contribution in [-0.4, -0.2) is 26.7 Å². The van der Waals surface area contributed by atoms with Gasteiger partial charge in [0.2, 0.25) is 16.0 Å². The van der Waals surface area contributed by atoms with Crippen LogP contribution in [0.2, 0.25) is 0 Å². The summed E-state index contributed by atoms with van der Waals surface area (Å²) in [4.78, 5) is 16.0. The molecule has 0 atom stereocenters. The fourth-order valence-electron chi connectivity index (χ4n) is 2.79. The van der Waals surface area contributed by atoms with E-state index in [0.29, 0.717) is 11.1 Å². The number of unbranched alkanes of at least 4 members (excludes halogenated alkanes) is 1. The predicted molar refractivity (Wildman–Crippen MR) is 94.8 cm³/mol. The molecule has 6 nitrogen and oxygen atoms in total. The molecular formula is C19H16N2O4S. The Labute approximate surface area is 151 Å². The van der Waals surface area contributed by atoms with Crippen molar-refractivity contribution in [1.29, 1.82) is 5.26 Å². The zero-order valence-corrected chi connectivity index (χ0v) is 14.9. The lowest BCUT2D eigenvalue weighted by Crippen LogP contribution is -2.21. The molecule has 0 N–H and O–H groups in total. The Hall–Kier alpha value is -2.98. The van der Waals surface area contributed by atoms with Gasteiger partial charge < -0.3 is 4.74 Å². The molecule has 0 saturated heterocycles. The number of nitriles is 1. The van der Waals surface area contributed by atoms with Crippen LogP contribution in [0.4, 0.5) is 0 Å². The zero-order valence-electron chi connectivity index (χ0n) is 14.1.